The summed E-state index contributed by atoms with van der Waals surface area (Å²) in [6.07, 6.45) is 6.73. The summed E-state index contributed by atoms with van der Waals surface area (Å²) in [7, 11) is 3.41. The van der Waals surface area contributed by atoms with Crippen molar-refractivity contribution in [2.45, 2.75) is 19.8 Å². The van der Waals surface area contributed by atoms with Gasteiger partial charge in [-0.3, -0.25) is 9.48 Å². The van der Waals surface area contributed by atoms with Crippen molar-refractivity contribution in [3.05, 3.63) is 60.4 Å². The summed E-state index contributed by atoms with van der Waals surface area (Å²) in [6.45, 7) is 1.82. The summed E-state index contributed by atoms with van der Waals surface area (Å²) in [5, 5.41) is 11.0. The van der Waals surface area contributed by atoms with Gasteiger partial charge >= 0.3 is 0 Å². The second-order valence-corrected chi connectivity index (χ2v) is 8.12. The van der Waals surface area contributed by atoms with E-state index in [0.29, 0.717) is 46.0 Å². The van der Waals surface area contributed by atoms with E-state index in [0.717, 1.165) is 18.4 Å². The minimum absolute atomic E-state index is 0.0524. The molecular weight excluding hydrogens is 432 g/mol. The molecule has 10 nitrogen and oxygen atoms in total. The van der Waals surface area contributed by atoms with Gasteiger partial charge in [-0.15, -0.1) is 0 Å². The number of rotatable bonds is 8. The maximum absolute atomic E-state index is 13.0. The van der Waals surface area contributed by atoms with Gasteiger partial charge in [0.25, 0.3) is 0 Å². The molecule has 0 spiro atoms. The molecule has 0 aliphatic heterocycles. The van der Waals surface area contributed by atoms with Crippen LogP contribution in [0.25, 0.3) is 11.4 Å². The molecule has 1 aliphatic rings. The molecule has 0 atom stereocenters. The first-order valence-corrected chi connectivity index (χ1v) is 10.9. The predicted molar refractivity (Wildman–Crippen MR) is 128 cm³/mol. The van der Waals surface area contributed by atoms with Gasteiger partial charge in [-0.2, -0.15) is 5.10 Å². The van der Waals surface area contributed by atoms with Crippen molar-refractivity contribution in [2.75, 3.05) is 17.7 Å². The number of ketones is 1. The first-order chi connectivity index (χ1) is 16.5. The molecule has 0 unspecified atom stereocenters. The lowest BCUT2D eigenvalue weighted by Gasteiger charge is -2.17. The normalized spacial score (nSPS) is 12.9. The molecular formula is C24H24N8O2. The highest BCUT2D eigenvalue weighted by Gasteiger charge is 2.32. The number of hydrogen-bond acceptors (Lipinski definition) is 9. The second kappa shape index (κ2) is 8.89. The zero-order valence-electron chi connectivity index (χ0n) is 19.1. The Balaban J connectivity index is 1.53. The van der Waals surface area contributed by atoms with Crippen LogP contribution in [0.15, 0.2) is 49.1 Å². The van der Waals surface area contributed by atoms with Gasteiger partial charge in [-0.25, -0.2) is 19.9 Å². The second-order valence-electron chi connectivity index (χ2n) is 8.12. The van der Waals surface area contributed by atoms with E-state index in [1.165, 1.54) is 0 Å². The number of carbonyl (C=O) groups is 1. The third-order valence-electron chi connectivity index (χ3n) is 5.48. The molecule has 1 saturated carbocycles. The Morgan fingerprint density at radius 1 is 1.09 bits per heavy atom. The number of Topliss-reactive ketones (excluding diaryl/α,β-unsaturated/α-hetero) is 1. The first-order valence-electron chi connectivity index (χ1n) is 10.9. The van der Waals surface area contributed by atoms with Crippen LogP contribution in [-0.4, -0.2) is 42.6 Å². The van der Waals surface area contributed by atoms with Crippen molar-refractivity contribution in [1.29, 1.82) is 0 Å². The lowest BCUT2D eigenvalue weighted by atomic mass is 10.1. The Kier molecular flexibility index (Phi) is 5.62. The van der Waals surface area contributed by atoms with Crippen LogP contribution in [0.5, 0.6) is 5.75 Å². The van der Waals surface area contributed by atoms with Crippen LogP contribution >= 0.6 is 0 Å². The van der Waals surface area contributed by atoms with Gasteiger partial charge in [0.1, 0.15) is 23.8 Å². The topological polar surface area (TPSA) is 120 Å². The van der Waals surface area contributed by atoms with Gasteiger partial charge in [-0.05, 0) is 38.0 Å². The SMILES string of the molecule is COc1c(Nc2cc(Nc3ccnc(C)n3)ncc2C(=O)C2CC2)cccc1-c1ncn(C)n1. The lowest BCUT2D eigenvalue weighted by Crippen LogP contribution is -2.09. The molecule has 0 saturated heterocycles. The molecule has 1 aliphatic carbocycles. The van der Waals surface area contributed by atoms with Crippen molar-refractivity contribution in [3.8, 4) is 17.1 Å². The van der Waals surface area contributed by atoms with E-state index >= 15 is 0 Å². The molecule has 3 heterocycles. The van der Waals surface area contributed by atoms with E-state index in [4.69, 9.17) is 4.74 Å². The van der Waals surface area contributed by atoms with Crippen molar-refractivity contribution in [3.63, 3.8) is 0 Å². The van der Waals surface area contributed by atoms with Crippen molar-refractivity contribution in [1.82, 2.24) is 29.7 Å². The van der Waals surface area contributed by atoms with Crippen molar-refractivity contribution < 1.29 is 9.53 Å². The number of nitrogens with zero attached hydrogens (tertiary/aromatic N) is 6. The van der Waals surface area contributed by atoms with Crippen LogP contribution in [0.2, 0.25) is 0 Å². The summed E-state index contributed by atoms with van der Waals surface area (Å²) >= 11 is 0. The summed E-state index contributed by atoms with van der Waals surface area (Å²) < 4.78 is 7.36. The molecule has 0 radical (unpaired) electrons. The summed E-state index contributed by atoms with van der Waals surface area (Å²) in [4.78, 5) is 30.3. The van der Waals surface area contributed by atoms with E-state index in [1.807, 2.05) is 32.2 Å². The number of pyridine rings is 1. The Hall–Kier alpha value is -4.34. The summed E-state index contributed by atoms with van der Waals surface area (Å²) in [6, 6.07) is 9.24. The van der Waals surface area contributed by atoms with Crippen LogP contribution in [0, 0.1) is 12.8 Å². The minimum Gasteiger partial charge on any atom is -0.494 e. The highest BCUT2D eigenvalue weighted by Crippen LogP contribution is 2.39. The van der Waals surface area contributed by atoms with Gasteiger partial charge in [-0.1, -0.05) is 6.07 Å². The van der Waals surface area contributed by atoms with Crippen LogP contribution in [-0.2, 0) is 7.05 Å². The maximum Gasteiger partial charge on any atom is 0.184 e. The average Bonchev–Trinajstić information content (AvgIpc) is 3.59. The Labute approximate surface area is 196 Å². The molecule has 5 rings (SSSR count). The fourth-order valence-corrected chi connectivity index (χ4v) is 3.69. The van der Waals surface area contributed by atoms with E-state index < -0.39 is 0 Å². The summed E-state index contributed by atoms with van der Waals surface area (Å²) in [5.74, 6) is 3.08. The number of aromatic nitrogens is 6. The smallest absolute Gasteiger partial charge is 0.184 e. The molecule has 172 valence electrons. The fraction of sp³-hybridized carbons (Fsp3) is 0.250. The maximum atomic E-state index is 13.0. The third-order valence-corrected chi connectivity index (χ3v) is 5.48. The van der Waals surface area contributed by atoms with E-state index in [-0.39, 0.29) is 11.7 Å². The monoisotopic (exact) mass is 456 g/mol. The number of benzene rings is 1. The van der Waals surface area contributed by atoms with E-state index in [9.17, 15) is 4.79 Å². The molecule has 1 aromatic carbocycles. The highest BCUT2D eigenvalue weighted by atomic mass is 16.5. The molecule has 2 N–H and O–H groups in total. The molecule has 34 heavy (non-hydrogen) atoms. The minimum atomic E-state index is 0.0524. The van der Waals surface area contributed by atoms with Crippen molar-refractivity contribution >= 4 is 28.8 Å². The molecule has 10 heteroatoms. The van der Waals surface area contributed by atoms with Gasteiger partial charge in [0.2, 0.25) is 0 Å². The van der Waals surface area contributed by atoms with Gasteiger partial charge in [0.15, 0.2) is 17.4 Å². The molecule has 0 amide bonds. The number of aryl methyl sites for hydroxylation is 2. The third kappa shape index (κ3) is 4.42. The molecule has 0 bridgehead atoms. The predicted octanol–water partition coefficient (Wildman–Crippen LogP) is 4.06. The fourth-order valence-electron chi connectivity index (χ4n) is 3.69. The van der Waals surface area contributed by atoms with Crippen LogP contribution in [0.1, 0.15) is 29.0 Å². The lowest BCUT2D eigenvalue weighted by molar-refractivity contribution is 0.0968. The van der Waals surface area contributed by atoms with Gasteiger partial charge in [0, 0.05) is 31.4 Å². The Morgan fingerprint density at radius 3 is 2.65 bits per heavy atom. The standard InChI is InChI=1S/C24H24N8O2/c1-14-25-10-9-20(28-14)30-21-11-19(17(12-26-21)22(33)15-7-8-15)29-18-6-4-5-16(23(18)34-3)24-27-13-32(2)31-24/h4-6,9-13,15H,7-8H2,1-3H3,(H2,25,26,28,29,30). The average molecular weight is 457 g/mol. The number of para-hydroxylation sites is 1. The van der Waals surface area contributed by atoms with Gasteiger partial charge in [0.05, 0.1) is 29.6 Å². The van der Waals surface area contributed by atoms with Crippen molar-refractivity contribution in [2.24, 2.45) is 13.0 Å². The van der Waals surface area contributed by atoms with E-state index in [1.54, 1.807) is 42.6 Å². The van der Waals surface area contributed by atoms with Crippen LogP contribution in [0.4, 0.5) is 23.0 Å². The number of methoxy groups -OCH3 is 1. The molecule has 4 aromatic rings. The number of hydrogen-bond donors (Lipinski definition) is 2. The Bertz CT molecular complexity index is 1360. The number of anilines is 4. The molecule has 3 aromatic heterocycles. The first kappa shape index (κ1) is 21.5. The summed E-state index contributed by atoms with van der Waals surface area (Å²) in [5.41, 5.74) is 2.60. The quantitative estimate of drug-likeness (QED) is 0.378. The molecule has 1 fully saturated rings. The number of nitrogens with one attached hydrogen (secondary N) is 2. The Morgan fingerprint density at radius 2 is 1.94 bits per heavy atom. The van der Waals surface area contributed by atoms with Gasteiger partial charge < -0.3 is 15.4 Å². The largest absolute Gasteiger partial charge is 0.494 e. The number of ether oxygens (including phenoxy) is 1. The van der Waals surface area contributed by atoms with Crippen LogP contribution in [0.3, 0.4) is 0 Å². The highest BCUT2D eigenvalue weighted by molar-refractivity contribution is 6.04. The zero-order chi connectivity index (χ0) is 23.7. The van der Waals surface area contributed by atoms with E-state index in [2.05, 4.69) is 35.7 Å². The number of carbonyl (C=O) groups excluding carboxylic acids is 1. The zero-order valence-corrected chi connectivity index (χ0v) is 19.1. The van der Waals surface area contributed by atoms with Crippen LogP contribution < -0.4 is 15.4 Å².